The van der Waals surface area contributed by atoms with Crippen LogP contribution < -0.4 is 15.8 Å². The maximum absolute atomic E-state index is 12.5. The van der Waals surface area contributed by atoms with Gasteiger partial charge in [-0.3, -0.25) is 4.79 Å². The minimum atomic E-state index is -3.54. The van der Waals surface area contributed by atoms with Crippen LogP contribution in [0.5, 0.6) is 0 Å². The van der Waals surface area contributed by atoms with Crippen LogP contribution in [0.15, 0.2) is 16.3 Å². The Labute approximate surface area is 155 Å². The van der Waals surface area contributed by atoms with Gasteiger partial charge in [0.1, 0.15) is 4.21 Å². The lowest BCUT2D eigenvalue weighted by molar-refractivity contribution is -0.128. The summed E-state index contributed by atoms with van der Waals surface area (Å²) >= 11 is 1.23. The lowest BCUT2D eigenvalue weighted by atomic mass is 9.96. The number of thiophene rings is 1. The zero-order valence-corrected chi connectivity index (χ0v) is 17.2. The molecule has 4 N–H and O–H groups in total. The number of hydrogen-bond acceptors (Lipinski definition) is 5. The first-order valence-electron chi connectivity index (χ1n) is 8.69. The van der Waals surface area contributed by atoms with Gasteiger partial charge in [-0.2, -0.15) is 0 Å². The van der Waals surface area contributed by atoms with E-state index in [1.165, 1.54) is 11.3 Å². The highest BCUT2D eigenvalue weighted by Gasteiger charge is 2.22. The summed E-state index contributed by atoms with van der Waals surface area (Å²) < 4.78 is 27.9. The molecule has 144 valence electrons. The highest BCUT2D eigenvalue weighted by Crippen LogP contribution is 2.22. The molecule has 0 fully saturated rings. The minimum Gasteiger partial charge on any atom is -0.355 e. The zero-order chi connectivity index (χ0) is 19.1. The summed E-state index contributed by atoms with van der Waals surface area (Å²) in [6.45, 7) is 8.41. The molecule has 0 aliphatic heterocycles. The molecule has 1 rings (SSSR count). The van der Waals surface area contributed by atoms with Crippen molar-refractivity contribution >= 4 is 27.3 Å². The van der Waals surface area contributed by atoms with Gasteiger partial charge in [0, 0.05) is 29.4 Å². The van der Waals surface area contributed by atoms with Crippen LogP contribution in [0.2, 0.25) is 0 Å². The lowest BCUT2D eigenvalue weighted by Gasteiger charge is -2.17. The van der Waals surface area contributed by atoms with E-state index in [2.05, 4.69) is 17.0 Å². The SMILES string of the molecule is CCCCC(CN)NS(=O)(=O)c1ccc(CCNC(=O)C(C)(C)C)s1. The average molecular weight is 390 g/mol. The fraction of sp³-hybridized carbons (Fsp3) is 0.706. The van der Waals surface area contributed by atoms with Gasteiger partial charge in [0.15, 0.2) is 0 Å². The van der Waals surface area contributed by atoms with Gasteiger partial charge >= 0.3 is 0 Å². The molecule has 1 aromatic heterocycles. The molecule has 1 heterocycles. The largest absolute Gasteiger partial charge is 0.355 e. The number of nitrogens with one attached hydrogen (secondary N) is 2. The molecule has 0 radical (unpaired) electrons. The summed E-state index contributed by atoms with van der Waals surface area (Å²) in [4.78, 5) is 12.8. The predicted octanol–water partition coefficient (Wildman–Crippen LogP) is 2.25. The van der Waals surface area contributed by atoms with Crippen LogP contribution in [0, 0.1) is 5.41 Å². The third-order valence-electron chi connectivity index (χ3n) is 3.75. The molecule has 0 saturated carbocycles. The van der Waals surface area contributed by atoms with Crippen LogP contribution in [-0.4, -0.2) is 33.5 Å². The van der Waals surface area contributed by atoms with Gasteiger partial charge in [-0.15, -0.1) is 11.3 Å². The fourth-order valence-corrected chi connectivity index (χ4v) is 4.81. The fourth-order valence-electron chi connectivity index (χ4n) is 2.15. The molecule has 0 aliphatic rings. The van der Waals surface area contributed by atoms with Gasteiger partial charge in [0.2, 0.25) is 15.9 Å². The van der Waals surface area contributed by atoms with E-state index in [1.807, 2.05) is 20.8 Å². The number of nitrogens with two attached hydrogens (primary N) is 1. The van der Waals surface area contributed by atoms with Crippen LogP contribution in [0.1, 0.15) is 51.8 Å². The quantitative estimate of drug-likeness (QED) is 0.571. The van der Waals surface area contributed by atoms with Crippen LogP contribution in [0.4, 0.5) is 0 Å². The molecule has 1 aromatic rings. The molecule has 1 atom stereocenters. The number of unbranched alkanes of at least 4 members (excludes halogenated alkanes) is 1. The molecule has 0 aromatic carbocycles. The molecule has 0 bridgehead atoms. The van der Waals surface area contributed by atoms with Crippen LogP contribution in [0.25, 0.3) is 0 Å². The molecule has 1 unspecified atom stereocenters. The standard InChI is InChI=1S/C17H31N3O3S2/c1-5-6-7-13(12-18)20-25(22,23)15-9-8-14(24-15)10-11-19-16(21)17(2,3)4/h8-9,13,20H,5-7,10-12,18H2,1-4H3,(H,19,21). The first-order valence-corrected chi connectivity index (χ1v) is 11.0. The summed E-state index contributed by atoms with van der Waals surface area (Å²) in [6.07, 6.45) is 3.29. The molecule has 6 nitrogen and oxygen atoms in total. The first kappa shape index (κ1) is 22.1. The molecular weight excluding hydrogens is 358 g/mol. The maximum atomic E-state index is 12.5. The number of amides is 1. The van der Waals surface area contributed by atoms with Gasteiger partial charge in [-0.05, 0) is 25.0 Å². The number of carbonyl (C=O) groups is 1. The van der Waals surface area contributed by atoms with Crippen molar-refractivity contribution in [3.05, 3.63) is 17.0 Å². The van der Waals surface area contributed by atoms with Crippen molar-refractivity contribution in [1.82, 2.24) is 10.0 Å². The van der Waals surface area contributed by atoms with E-state index in [4.69, 9.17) is 5.73 Å². The second kappa shape index (κ2) is 9.66. The second-order valence-corrected chi connectivity index (χ2v) is 10.3. The number of rotatable bonds is 10. The van der Waals surface area contributed by atoms with Crippen molar-refractivity contribution in [2.45, 2.75) is 63.6 Å². The summed E-state index contributed by atoms with van der Waals surface area (Å²) in [5.74, 6) is -0.0136. The molecule has 1 amide bonds. The van der Waals surface area contributed by atoms with Gasteiger partial charge in [0.05, 0.1) is 0 Å². The molecule has 0 saturated heterocycles. The Morgan fingerprint density at radius 2 is 2.00 bits per heavy atom. The van der Waals surface area contributed by atoms with Crippen LogP contribution in [-0.2, 0) is 21.2 Å². The Morgan fingerprint density at radius 1 is 1.32 bits per heavy atom. The first-order chi connectivity index (χ1) is 11.6. The summed E-state index contributed by atoms with van der Waals surface area (Å²) in [5.41, 5.74) is 5.24. The average Bonchev–Trinajstić information content (AvgIpc) is 3.00. The molecule has 25 heavy (non-hydrogen) atoms. The summed E-state index contributed by atoms with van der Waals surface area (Å²) in [5, 5.41) is 2.87. The topological polar surface area (TPSA) is 101 Å². The highest BCUT2D eigenvalue weighted by atomic mass is 32.2. The van der Waals surface area contributed by atoms with Crippen molar-refractivity contribution in [3.63, 3.8) is 0 Å². The molecule has 0 aliphatic carbocycles. The normalized spacial score (nSPS) is 13.6. The van der Waals surface area contributed by atoms with E-state index in [1.54, 1.807) is 12.1 Å². The molecule has 8 heteroatoms. The lowest BCUT2D eigenvalue weighted by Crippen LogP contribution is -2.39. The van der Waals surface area contributed by atoms with E-state index >= 15 is 0 Å². The highest BCUT2D eigenvalue weighted by molar-refractivity contribution is 7.91. The van der Waals surface area contributed by atoms with Crippen molar-refractivity contribution in [3.8, 4) is 0 Å². The van der Waals surface area contributed by atoms with Crippen molar-refractivity contribution in [1.29, 1.82) is 0 Å². The predicted molar refractivity (Wildman–Crippen MR) is 103 cm³/mol. The Balaban J connectivity index is 2.62. The molecular formula is C17H31N3O3S2. The Hall–Kier alpha value is -0.960. The number of carbonyl (C=O) groups excluding carboxylic acids is 1. The third-order valence-corrected chi connectivity index (χ3v) is 6.91. The Kier molecular flexibility index (Phi) is 8.53. The van der Waals surface area contributed by atoms with E-state index in [0.29, 0.717) is 17.2 Å². The zero-order valence-electron chi connectivity index (χ0n) is 15.6. The van der Waals surface area contributed by atoms with Crippen molar-refractivity contribution in [2.24, 2.45) is 11.1 Å². The second-order valence-electron chi connectivity index (χ2n) is 7.17. The van der Waals surface area contributed by atoms with Gasteiger partial charge in [0.25, 0.3) is 0 Å². The van der Waals surface area contributed by atoms with Gasteiger partial charge < -0.3 is 11.1 Å². The Bertz CT molecular complexity index is 648. The van der Waals surface area contributed by atoms with Crippen LogP contribution >= 0.6 is 11.3 Å². The van der Waals surface area contributed by atoms with E-state index in [-0.39, 0.29) is 18.5 Å². The maximum Gasteiger partial charge on any atom is 0.250 e. The number of sulfonamides is 1. The number of hydrogen-bond donors (Lipinski definition) is 3. The molecule has 0 spiro atoms. The van der Waals surface area contributed by atoms with Crippen molar-refractivity contribution in [2.75, 3.05) is 13.1 Å². The third kappa shape index (κ3) is 7.43. The van der Waals surface area contributed by atoms with Gasteiger partial charge in [-0.25, -0.2) is 13.1 Å². The smallest absolute Gasteiger partial charge is 0.250 e. The van der Waals surface area contributed by atoms with Crippen molar-refractivity contribution < 1.29 is 13.2 Å². The summed E-state index contributed by atoms with van der Waals surface area (Å²) in [7, 11) is -3.54. The van der Waals surface area contributed by atoms with E-state index < -0.39 is 15.4 Å². The Morgan fingerprint density at radius 3 is 2.56 bits per heavy atom. The van der Waals surface area contributed by atoms with E-state index in [9.17, 15) is 13.2 Å². The monoisotopic (exact) mass is 389 g/mol. The van der Waals surface area contributed by atoms with E-state index in [0.717, 1.165) is 24.1 Å². The summed E-state index contributed by atoms with van der Waals surface area (Å²) in [6, 6.07) is 3.18. The van der Waals surface area contributed by atoms with Gasteiger partial charge in [-0.1, -0.05) is 40.5 Å². The minimum absolute atomic E-state index is 0.0136. The van der Waals surface area contributed by atoms with Crippen LogP contribution in [0.3, 0.4) is 0 Å².